The number of carbonyl (C=O) groups is 1. The zero-order valence-electron chi connectivity index (χ0n) is 14.5. The third-order valence-corrected chi connectivity index (χ3v) is 4.63. The molecular formula is C19H17Cl2N3O2. The van der Waals surface area contributed by atoms with Crippen LogP contribution in [0, 0.1) is 13.8 Å². The van der Waals surface area contributed by atoms with Gasteiger partial charge in [0.2, 0.25) is 0 Å². The molecule has 26 heavy (non-hydrogen) atoms. The maximum Gasteiger partial charge on any atom is 0.270 e. The minimum Gasteiger partial charge on any atom is -0.497 e. The molecule has 0 saturated carbocycles. The standard InChI is InChI=1S/C19H17Cl2N3O2/c1-11-12(2)24(18(22-11)16-9-6-14(20)10-17(16)21)23-19(25)13-4-7-15(26-3)8-5-13/h4-10H,1-3H3,(H,23,25). The molecule has 1 aromatic heterocycles. The fraction of sp³-hybridized carbons (Fsp3) is 0.158. The first-order chi connectivity index (χ1) is 12.4. The lowest BCUT2D eigenvalue weighted by atomic mass is 10.2. The third kappa shape index (κ3) is 3.54. The molecule has 5 nitrogen and oxygen atoms in total. The lowest BCUT2D eigenvalue weighted by Gasteiger charge is -2.13. The Labute approximate surface area is 161 Å². The Morgan fingerprint density at radius 2 is 1.81 bits per heavy atom. The van der Waals surface area contributed by atoms with Crippen LogP contribution in [0.5, 0.6) is 5.75 Å². The van der Waals surface area contributed by atoms with Gasteiger partial charge in [-0.25, -0.2) is 9.66 Å². The quantitative estimate of drug-likeness (QED) is 0.692. The van der Waals surface area contributed by atoms with Gasteiger partial charge in [-0.2, -0.15) is 0 Å². The molecule has 0 radical (unpaired) electrons. The van der Waals surface area contributed by atoms with Gasteiger partial charge in [-0.05, 0) is 56.3 Å². The van der Waals surface area contributed by atoms with E-state index in [1.54, 1.807) is 54.3 Å². The van der Waals surface area contributed by atoms with E-state index in [0.29, 0.717) is 32.7 Å². The Kier molecular flexibility index (Phi) is 5.20. The van der Waals surface area contributed by atoms with Crippen molar-refractivity contribution in [2.24, 2.45) is 0 Å². The first-order valence-corrected chi connectivity index (χ1v) is 8.63. The number of halogens is 2. The van der Waals surface area contributed by atoms with Gasteiger partial charge in [0.25, 0.3) is 5.91 Å². The molecule has 0 aliphatic rings. The van der Waals surface area contributed by atoms with Gasteiger partial charge in [0.1, 0.15) is 5.75 Å². The summed E-state index contributed by atoms with van der Waals surface area (Å²) in [7, 11) is 1.58. The molecule has 134 valence electrons. The number of methoxy groups -OCH3 is 1. The van der Waals surface area contributed by atoms with Crippen LogP contribution in [0.3, 0.4) is 0 Å². The van der Waals surface area contributed by atoms with Crippen molar-refractivity contribution in [3.05, 3.63) is 69.5 Å². The third-order valence-electron chi connectivity index (χ3n) is 4.08. The van der Waals surface area contributed by atoms with E-state index < -0.39 is 0 Å². The summed E-state index contributed by atoms with van der Waals surface area (Å²) in [6.45, 7) is 3.75. The maximum absolute atomic E-state index is 12.6. The van der Waals surface area contributed by atoms with Gasteiger partial charge in [-0.3, -0.25) is 10.2 Å². The van der Waals surface area contributed by atoms with Crippen LogP contribution in [-0.2, 0) is 0 Å². The van der Waals surface area contributed by atoms with Crippen molar-refractivity contribution in [3.63, 3.8) is 0 Å². The summed E-state index contributed by atoms with van der Waals surface area (Å²) < 4.78 is 6.75. The van der Waals surface area contributed by atoms with E-state index in [9.17, 15) is 4.79 Å². The summed E-state index contributed by atoms with van der Waals surface area (Å²) in [4.78, 5) is 17.2. The van der Waals surface area contributed by atoms with Crippen LogP contribution < -0.4 is 10.2 Å². The van der Waals surface area contributed by atoms with E-state index in [1.807, 2.05) is 13.8 Å². The van der Waals surface area contributed by atoms with Gasteiger partial charge in [0, 0.05) is 16.1 Å². The van der Waals surface area contributed by atoms with E-state index in [0.717, 1.165) is 11.4 Å². The van der Waals surface area contributed by atoms with E-state index >= 15 is 0 Å². The zero-order valence-corrected chi connectivity index (χ0v) is 16.0. The Balaban J connectivity index is 1.98. The second kappa shape index (κ2) is 7.40. The fourth-order valence-electron chi connectivity index (χ4n) is 2.51. The summed E-state index contributed by atoms with van der Waals surface area (Å²) in [6.07, 6.45) is 0. The van der Waals surface area contributed by atoms with E-state index in [1.165, 1.54) is 0 Å². The van der Waals surface area contributed by atoms with Crippen molar-refractivity contribution in [1.29, 1.82) is 0 Å². The Hall–Kier alpha value is -2.50. The Morgan fingerprint density at radius 1 is 1.12 bits per heavy atom. The molecular weight excluding hydrogens is 373 g/mol. The number of ether oxygens (including phenoxy) is 1. The average Bonchev–Trinajstić information content (AvgIpc) is 2.90. The lowest BCUT2D eigenvalue weighted by Crippen LogP contribution is -2.24. The van der Waals surface area contributed by atoms with Crippen LogP contribution in [0.25, 0.3) is 11.4 Å². The number of amides is 1. The molecule has 0 atom stereocenters. The molecule has 0 saturated heterocycles. The number of hydrogen-bond donors (Lipinski definition) is 1. The molecule has 2 aromatic carbocycles. The Bertz CT molecular complexity index is 966. The predicted octanol–water partition coefficient (Wildman–Crippen LogP) is 4.87. The van der Waals surface area contributed by atoms with Gasteiger partial charge in [0.05, 0.1) is 23.5 Å². The number of carbonyl (C=O) groups excluding carboxylic acids is 1. The van der Waals surface area contributed by atoms with Crippen molar-refractivity contribution in [1.82, 2.24) is 9.66 Å². The van der Waals surface area contributed by atoms with Crippen LogP contribution in [0.1, 0.15) is 21.7 Å². The zero-order chi connectivity index (χ0) is 18.8. The van der Waals surface area contributed by atoms with Gasteiger partial charge >= 0.3 is 0 Å². The van der Waals surface area contributed by atoms with Crippen LogP contribution >= 0.6 is 23.2 Å². The normalized spacial score (nSPS) is 10.7. The van der Waals surface area contributed by atoms with E-state index in [-0.39, 0.29) is 5.91 Å². The highest BCUT2D eigenvalue weighted by molar-refractivity contribution is 6.36. The highest BCUT2D eigenvalue weighted by atomic mass is 35.5. The van der Waals surface area contributed by atoms with E-state index in [4.69, 9.17) is 27.9 Å². The van der Waals surface area contributed by atoms with Gasteiger partial charge < -0.3 is 4.74 Å². The largest absolute Gasteiger partial charge is 0.497 e. The van der Waals surface area contributed by atoms with E-state index in [2.05, 4.69) is 10.4 Å². The van der Waals surface area contributed by atoms with Gasteiger partial charge in [0.15, 0.2) is 5.82 Å². The summed E-state index contributed by atoms with van der Waals surface area (Å²) in [5, 5.41) is 0.995. The highest BCUT2D eigenvalue weighted by Gasteiger charge is 2.18. The number of aryl methyl sites for hydroxylation is 1. The molecule has 0 bridgehead atoms. The predicted molar refractivity (Wildman–Crippen MR) is 104 cm³/mol. The fourth-order valence-corrected chi connectivity index (χ4v) is 3.00. The molecule has 0 aliphatic heterocycles. The van der Waals surface area contributed by atoms with Crippen LogP contribution in [0.15, 0.2) is 42.5 Å². The number of aromatic nitrogens is 2. The summed E-state index contributed by atoms with van der Waals surface area (Å²) in [6, 6.07) is 12.0. The van der Waals surface area contributed by atoms with Crippen molar-refractivity contribution in [3.8, 4) is 17.1 Å². The van der Waals surface area contributed by atoms with Crippen molar-refractivity contribution in [2.45, 2.75) is 13.8 Å². The maximum atomic E-state index is 12.6. The minimum atomic E-state index is -0.264. The SMILES string of the molecule is COc1ccc(C(=O)Nn2c(-c3ccc(Cl)cc3Cl)nc(C)c2C)cc1. The van der Waals surface area contributed by atoms with Crippen molar-refractivity contribution < 1.29 is 9.53 Å². The molecule has 1 amide bonds. The molecule has 1 N–H and O–H groups in total. The number of hydrogen-bond acceptors (Lipinski definition) is 3. The number of rotatable bonds is 4. The molecule has 3 rings (SSSR count). The lowest BCUT2D eigenvalue weighted by molar-refractivity contribution is 0.101. The van der Waals surface area contributed by atoms with Crippen LogP contribution in [0.4, 0.5) is 0 Å². The number of nitrogens with one attached hydrogen (secondary N) is 1. The molecule has 7 heteroatoms. The second-order valence-electron chi connectivity index (χ2n) is 5.74. The number of nitrogens with zero attached hydrogens (tertiary/aromatic N) is 2. The molecule has 0 spiro atoms. The van der Waals surface area contributed by atoms with Gasteiger partial charge in [-0.1, -0.05) is 23.2 Å². The monoisotopic (exact) mass is 389 g/mol. The molecule has 0 unspecified atom stereocenters. The first kappa shape index (κ1) is 18.3. The smallest absolute Gasteiger partial charge is 0.270 e. The second-order valence-corrected chi connectivity index (χ2v) is 6.58. The minimum absolute atomic E-state index is 0.264. The summed E-state index contributed by atoms with van der Waals surface area (Å²) in [5.41, 5.74) is 5.67. The molecule has 1 heterocycles. The Morgan fingerprint density at radius 3 is 2.42 bits per heavy atom. The van der Waals surface area contributed by atoms with Gasteiger partial charge in [-0.15, -0.1) is 0 Å². The highest BCUT2D eigenvalue weighted by Crippen LogP contribution is 2.30. The van der Waals surface area contributed by atoms with Crippen LogP contribution in [-0.4, -0.2) is 22.7 Å². The topological polar surface area (TPSA) is 56.1 Å². The first-order valence-electron chi connectivity index (χ1n) is 7.87. The summed E-state index contributed by atoms with van der Waals surface area (Å²) >= 11 is 12.3. The molecule has 3 aromatic rings. The molecule has 0 aliphatic carbocycles. The summed E-state index contributed by atoms with van der Waals surface area (Å²) in [5.74, 6) is 0.966. The van der Waals surface area contributed by atoms with Crippen LogP contribution in [0.2, 0.25) is 10.0 Å². The molecule has 0 fully saturated rings. The number of benzene rings is 2. The number of imidazole rings is 1. The average molecular weight is 390 g/mol. The van der Waals surface area contributed by atoms with Crippen molar-refractivity contribution in [2.75, 3.05) is 12.5 Å². The van der Waals surface area contributed by atoms with Crippen molar-refractivity contribution >= 4 is 29.1 Å².